The van der Waals surface area contributed by atoms with E-state index in [1.54, 1.807) is 18.5 Å². The van der Waals surface area contributed by atoms with E-state index in [4.69, 9.17) is 0 Å². The predicted octanol–water partition coefficient (Wildman–Crippen LogP) is 1.39. The van der Waals surface area contributed by atoms with Gasteiger partial charge < -0.3 is 10.2 Å². The van der Waals surface area contributed by atoms with Gasteiger partial charge in [0.05, 0.1) is 11.4 Å². The first-order chi connectivity index (χ1) is 8.06. The van der Waals surface area contributed by atoms with Crippen molar-refractivity contribution in [1.82, 2.24) is 10.2 Å². The molecule has 0 unspecified atom stereocenters. The molecule has 1 aromatic heterocycles. The van der Waals surface area contributed by atoms with E-state index in [1.807, 2.05) is 0 Å². The molecule has 1 aromatic rings. The summed E-state index contributed by atoms with van der Waals surface area (Å²) in [6.07, 6.45) is 2.11. The van der Waals surface area contributed by atoms with Gasteiger partial charge in [0.2, 0.25) is 5.91 Å². The van der Waals surface area contributed by atoms with Crippen LogP contribution in [0.2, 0.25) is 0 Å². The first kappa shape index (κ1) is 12.4. The Bertz CT molecular complexity index is 440. The Hall–Kier alpha value is -1.01. The molecule has 2 rings (SSSR count). The normalized spacial score (nSPS) is 14.5. The molecule has 1 aliphatic rings. The second-order valence-corrected chi connectivity index (χ2v) is 5.60. The van der Waals surface area contributed by atoms with E-state index in [-0.39, 0.29) is 18.4 Å². The highest BCUT2D eigenvalue weighted by atomic mass is 32.1. The predicted molar refractivity (Wildman–Crippen MR) is 69.7 cm³/mol. The first-order valence-electron chi connectivity index (χ1n) is 5.38. The third-order valence-corrected chi connectivity index (χ3v) is 3.82. The second kappa shape index (κ2) is 5.10. The number of thiol groups is 1. The SMILES string of the molecule is CN(CC(=O)NC1CC1)C(=O)c1cc(S)cs1. The van der Waals surface area contributed by atoms with Crippen LogP contribution in [0.4, 0.5) is 0 Å². The standard InChI is InChI=1S/C11H14N2O2S2/c1-13(5-10(14)12-7-2-3-7)11(15)9-4-8(16)6-17-9/h4,6-7,16H,2-3,5H2,1H3,(H,12,14). The molecule has 0 aliphatic heterocycles. The molecule has 0 aromatic carbocycles. The molecule has 92 valence electrons. The van der Waals surface area contributed by atoms with Crippen molar-refractivity contribution in [2.24, 2.45) is 0 Å². The fourth-order valence-corrected chi connectivity index (χ4v) is 2.56. The summed E-state index contributed by atoms with van der Waals surface area (Å²) < 4.78 is 0. The van der Waals surface area contributed by atoms with E-state index in [0.717, 1.165) is 17.7 Å². The molecule has 6 heteroatoms. The molecule has 0 radical (unpaired) electrons. The Morgan fingerprint density at radius 2 is 2.29 bits per heavy atom. The van der Waals surface area contributed by atoms with E-state index < -0.39 is 0 Å². The highest BCUT2D eigenvalue weighted by Crippen LogP contribution is 2.20. The summed E-state index contributed by atoms with van der Waals surface area (Å²) in [5.41, 5.74) is 0. The first-order valence-corrected chi connectivity index (χ1v) is 6.71. The van der Waals surface area contributed by atoms with Crippen molar-refractivity contribution in [2.75, 3.05) is 13.6 Å². The van der Waals surface area contributed by atoms with Gasteiger partial charge in [-0.05, 0) is 18.9 Å². The van der Waals surface area contributed by atoms with Gasteiger partial charge in [0.25, 0.3) is 5.91 Å². The number of hydrogen-bond donors (Lipinski definition) is 2. The number of likely N-dealkylation sites (N-methyl/N-ethyl adjacent to an activating group) is 1. The number of carbonyl (C=O) groups excluding carboxylic acids is 2. The van der Waals surface area contributed by atoms with Crippen LogP contribution in [0.5, 0.6) is 0 Å². The van der Waals surface area contributed by atoms with E-state index in [9.17, 15) is 9.59 Å². The van der Waals surface area contributed by atoms with Crippen molar-refractivity contribution in [3.63, 3.8) is 0 Å². The lowest BCUT2D eigenvalue weighted by molar-refractivity contribution is -0.121. The van der Waals surface area contributed by atoms with Gasteiger partial charge in [-0.25, -0.2) is 0 Å². The van der Waals surface area contributed by atoms with E-state index in [1.165, 1.54) is 16.2 Å². The Morgan fingerprint density at radius 1 is 1.59 bits per heavy atom. The highest BCUT2D eigenvalue weighted by molar-refractivity contribution is 7.80. The molecule has 1 N–H and O–H groups in total. The van der Waals surface area contributed by atoms with Crippen LogP contribution >= 0.6 is 24.0 Å². The molecule has 1 heterocycles. The second-order valence-electron chi connectivity index (χ2n) is 4.17. The van der Waals surface area contributed by atoms with Gasteiger partial charge in [-0.2, -0.15) is 0 Å². The summed E-state index contributed by atoms with van der Waals surface area (Å²) in [6.45, 7) is 0.106. The van der Waals surface area contributed by atoms with E-state index in [0.29, 0.717) is 10.9 Å². The number of thiophene rings is 1. The molecule has 17 heavy (non-hydrogen) atoms. The molecule has 0 saturated heterocycles. The fraction of sp³-hybridized carbons (Fsp3) is 0.455. The lowest BCUT2D eigenvalue weighted by Crippen LogP contribution is -2.38. The summed E-state index contributed by atoms with van der Waals surface area (Å²) in [5, 5.41) is 4.65. The molecule has 0 spiro atoms. The number of amides is 2. The monoisotopic (exact) mass is 270 g/mol. The third kappa shape index (κ3) is 3.47. The third-order valence-electron chi connectivity index (χ3n) is 2.47. The summed E-state index contributed by atoms with van der Waals surface area (Å²) in [4.78, 5) is 26.3. The molecule has 4 nitrogen and oxygen atoms in total. The van der Waals surface area contributed by atoms with Gasteiger partial charge in [0.15, 0.2) is 0 Å². The van der Waals surface area contributed by atoms with Crippen molar-refractivity contribution >= 4 is 35.8 Å². The van der Waals surface area contributed by atoms with Crippen LogP contribution in [0.3, 0.4) is 0 Å². The highest BCUT2D eigenvalue weighted by Gasteiger charge is 2.24. The fourth-order valence-electron chi connectivity index (χ4n) is 1.41. The lowest BCUT2D eigenvalue weighted by Gasteiger charge is -2.15. The van der Waals surface area contributed by atoms with Crippen LogP contribution in [0.15, 0.2) is 16.3 Å². The summed E-state index contributed by atoms with van der Waals surface area (Å²) >= 11 is 5.49. The number of hydrogen-bond acceptors (Lipinski definition) is 4. The number of carbonyl (C=O) groups is 2. The molecule has 1 aliphatic carbocycles. The average Bonchev–Trinajstić information content (AvgIpc) is 2.96. The van der Waals surface area contributed by atoms with Crippen LogP contribution in [0, 0.1) is 0 Å². The minimum Gasteiger partial charge on any atom is -0.352 e. The van der Waals surface area contributed by atoms with Crippen LogP contribution < -0.4 is 5.32 Å². The largest absolute Gasteiger partial charge is 0.352 e. The zero-order valence-electron chi connectivity index (χ0n) is 9.47. The van der Waals surface area contributed by atoms with Crippen LogP contribution in [0.1, 0.15) is 22.5 Å². The maximum Gasteiger partial charge on any atom is 0.264 e. The summed E-state index contributed by atoms with van der Waals surface area (Å²) in [5.74, 6) is -0.229. The minimum atomic E-state index is -0.138. The Labute approximate surface area is 109 Å². The topological polar surface area (TPSA) is 49.4 Å². The number of rotatable bonds is 4. The molecular formula is C11H14N2O2S2. The Balaban J connectivity index is 1.88. The van der Waals surface area contributed by atoms with Crippen LogP contribution in [-0.2, 0) is 4.79 Å². The minimum absolute atomic E-state index is 0.0917. The molecular weight excluding hydrogens is 256 g/mol. The van der Waals surface area contributed by atoms with Crippen molar-refractivity contribution in [1.29, 1.82) is 0 Å². The van der Waals surface area contributed by atoms with Gasteiger partial charge in [0.1, 0.15) is 0 Å². The van der Waals surface area contributed by atoms with Gasteiger partial charge in [-0.3, -0.25) is 9.59 Å². The summed E-state index contributed by atoms with van der Waals surface area (Å²) in [6, 6.07) is 2.04. The van der Waals surface area contributed by atoms with Crippen molar-refractivity contribution in [3.05, 3.63) is 16.3 Å². The smallest absolute Gasteiger partial charge is 0.264 e. The van der Waals surface area contributed by atoms with Crippen molar-refractivity contribution in [2.45, 2.75) is 23.8 Å². The summed E-state index contributed by atoms with van der Waals surface area (Å²) in [7, 11) is 1.63. The zero-order valence-corrected chi connectivity index (χ0v) is 11.2. The maximum absolute atomic E-state index is 11.9. The van der Waals surface area contributed by atoms with Gasteiger partial charge in [-0.15, -0.1) is 24.0 Å². The van der Waals surface area contributed by atoms with Crippen molar-refractivity contribution in [3.8, 4) is 0 Å². The molecule has 0 bridgehead atoms. The van der Waals surface area contributed by atoms with Gasteiger partial charge in [0, 0.05) is 23.4 Å². The molecule has 1 saturated carbocycles. The molecule has 1 fully saturated rings. The lowest BCUT2D eigenvalue weighted by atomic mass is 10.4. The van der Waals surface area contributed by atoms with E-state index >= 15 is 0 Å². The zero-order chi connectivity index (χ0) is 12.4. The number of nitrogens with zero attached hydrogens (tertiary/aromatic N) is 1. The Kier molecular flexibility index (Phi) is 3.73. The molecule has 2 amide bonds. The Morgan fingerprint density at radius 3 is 2.82 bits per heavy atom. The van der Waals surface area contributed by atoms with Crippen LogP contribution in [0.25, 0.3) is 0 Å². The van der Waals surface area contributed by atoms with Gasteiger partial charge in [-0.1, -0.05) is 0 Å². The van der Waals surface area contributed by atoms with E-state index in [2.05, 4.69) is 17.9 Å². The quantitative estimate of drug-likeness (QED) is 0.812. The van der Waals surface area contributed by atoms with Gasteiger partial charge >= 0.3 is 0 Å². The average molecular weight is 270 g/mol. The number of nitrogens with one attached hydrogen (secondary N) is 1. The maximum atomic E-state index is 11.9. The molecule has 0 atom stereocenters. The van der Waals surface area contributed by atoms with Crippen molar-refractivity contribution < 1.29 is 9.59 Å². The van der Waals surface area contributed by atoms with Crippen LogP contribution in [-0.4, -0.2) is 36.3 Å².